The molecule has 0 saturated heterocycles. The summed E-state index contributed by atoms with van der Waals surface area (Å²) in [5, 5.41) is 10.8. The topological polar surface area (TPSA) is 78.4 Å². The smallest absolute Gasteiger partial charge is 0.288 e. The van der Waals surface area contributed by atoms with Crippen LogP contribution < -0.4 is 10.5 Å². The van der Waals surface area contributed by atoms with E-state index in [0.717, 1.165) is 10.0 Å². The summed E-state index contributed by atoms with van der Waals surface area (Å²) in [7, 11) is 0. The monoisotopic (exact) mass is 370 g/mol. The van der Waals surface area contributed by atoms with Crippen LogP contribution in [0.4, 0.5) is 5.69 Å². The number of benzene rings is 2. The number of rotatable bonds is 4. The first-order valence-electron chi connectivity index (χ1n) is 6.05. The molecule has 0 amide bonds. The molecule has 2 N–H and O–H groups in total. The van der Waals surface area contributed by atoms with Crippen molar-refractivity contribution in [2.45, 2.75) is 13.0 Å². The maximum absolute atomic E-state index is 10.7. The van der Waals surface area contributed by atoms with Crippen molar-refractivity contribution in [3.05, 3.63) is 61.6 Å². The van der Waals surface area contributed by atoms with E-state index in [1.54, 1.807) is 6.07 Å². The average Bonchev–Trinajstić information content (AvgIpc) is 2.37. The molecule has 2 aromatic rings. The predicted molar refractivity (Wildman–Crippen MR) is 84.9 cm³/mol. The highest BCUT2D eigenvalue weighted by molar-refractivity contribution is 9.10. The minimum Gasteiger partial charge on any atom is -0.457 e. The number of nitrogens with zero attached hydrogens (tertiary/aromatic N) is 1. The maximum atomic E-state index is 10.7. The van der Waals surface area contributed by atoms with Crippen LogP contribution in [-0.2, 0) is 0 Å². The first kappa shape index (κ1) is 15.8. The van der Waals surface area contributed by atoms with Crippen molar-refractivity contribution >= 4 is 33.2 Å². The molecule has 0 aliphatic carbocycles. The Labute approximate surface area is 134 Å². The number of hydrogen-bond acceptors (Lipinski definition) is 4. The van der Waals surface area contributed by atoms with Crippen LogP contribution in [0.5, 0.6) is 11.5 Å². The summed E-state index contributed by atoms with van der Waals surface area (Å²) in [6, 6.07) is 9.52. The molecule has 110 valence electrons. The van der Waals surface area contributed by atoms with Gasteiger partial charge in [-0.15, -0.1) is 0 Å². The van der Waals surface area contributed by atoms with E-state index in [9.17, 15) is 10.1 Å². The van der Waals surface area contributed by atoms with Crippen LogP contribution in [-0.4, -0.2) is 4.92 Å². The van der Waals surface area contributed by atoms with E-state index in [1.807, 2.05) is 19.1 Å². The first-order chi connectivity index (χ1) is 9.88. The summed E-state index contributed by atoms with van der Waals surface area (Å²) in [5.74, 6) is 0.981. The quantitative estimate of drug-likeness (QED) is 0.617. The molecule has 0 bridgehead atoms. The second kappa shape index (κ2) is 6.43. The molecule has 1 atom stereocenters. The zero-order valence-electron chi connectivity index (χ0n) is 11.0. The average molecular weight is 372 g/mol. The molecule has 0 saturated carbocycles. The van der Waals surface area contributed by atoms with E-state index >= 15 is 0 Å². The standard InChI is InChI=1S/C14H12BrClN2O3/c1-8(17)11-4-2-9(15)6-14(11)21-10-3-5-13(18(19)20)12(16)7-10/h2-8H,17H2,1H3. The van der Waals surface area contributed by atoms with E-state index < -0.39 is 4.92 Å². The summed E-state index contributed by atoms with van der Waals surface area (Å²) in [6.45, 7) is 1.85. The van der Waals surface area contributed by atoms with Crippen LogP contribution in [0.25, 0.3) is 0 Å². The van der Waals surface area contributed by atoms with Gasteiger partial charge in [-0.2, -0.15) is 0 Å². The van der Waals surface area contributed by atoms with Gasteiger partial charge in [0.2, 0.25) is 0 Å². The van der Waals surface area contributed by atoms with Crippen LogP contribution >= 0.6 is 27.5 Å². The van der Waals surface area contributed by atoms with Gasteiger partial charge in [-0.1, -0.05) is 33.6 Å². The Balaban J connectivity index is 2.36. The predicted octanol–water partition coefficient (Wildman–Crippen LogP) is 4.82. The highest BCUT2D eigenvalue weighted by Gasteiger charge is 2.15. The minimum atomic E-state index is -0.543. The molecule has 5 nitrogen and oxygen atoms in total. The third-order valence-electron chi connectivity index (χ3n) is 2.81. The summed E-state index contributed by atoms with van der Waals surface area (Å²) < 4.78 is 6.59. The summed E-state index contributed by atoms with van der Waals surface area (Å²) >= 11 is 9.24. The van der Waals surface area contributed by atoms with Crippen molar-refractivity contribution in [1.29, 1.82) is 0 Å². The van der Waals surface area contributed by atoms with Crippen LogP contribution in [0.15, 0.2) is 40.9 Å². The Kier molecular flexibility index (Phi) is 4.82. The van der Waals surface area contributed by atoms with Gasteiger partial charge >= 0.3 is 0 Å². The molecule has 0 radical (unpaired) electrons. The molecular formula is C14H12BrClN2O3. The van der Waals surface area contributed by atoms with Gasteiger partial charge in [0, 0.05) is 28.2 Å². The first-order valence-corrected chi connectivity index (χ1v) is 7.22. The van der Waals surface area contributed by atoms with Crippen molar-refractivity contribution in [3.63, 3.8) is 0 Å². The zero-order valence-corrected chi connectivity index (χ0v) is 13.4. The molecule has 1 unspecified atom stereocenters. The Morgan fingerprint density at radius 1 is 1.33 bits per heavy atom. The molecule has 0 aliphatic rings. The SMILES string of the molecule is CC(N)c1ccc(Br)cc1Oc1ccc([N+](=O)[O-])c(Cl)c1. The highest BCUT2D eigenvalue weighted by atomic mass is 79.9. The highest BCUT2D eigenvalue weighted by Crippen LogP contribution is 2.34. The third-order valence-corrected chi connectivity index (χ3v) is 3.61. The van der Waals surface area contributed by atoms with E-state index in [-0.39, 0.29) is 16.8 Å². The number of ether oxygens (including phenoxy) is 1. The zero-order chi connectivity index (χ0) is 15.6. The Morgan fingerprint density at radius 2 is 2.05 bits per heavy atom. The summed E-state index contributed by atoms with van der Waals surface area (Å²) in [6.07, 6.45) is 0. The Hall–Kier alpha value is -1.63. The largest absolute Gasteiger partial charge is 0.457 e. The van der Waals surface area contributed by atoms with Crippen LogP contribution in [0, 0.1) is 10.1 Å². The molecule has 7 heteroatoms. The normalized spacial score (nSPS) is 12.0. The van der Waals surface area contributed by atoms with Crippen molar-refractivity contribution in [1.82, 2.24) is 0 Å². The lowest BCUT2D eigenvalue weighted by atomic mass is 10.1. The van der Waals surface area contributed by atoms with Gasteiger partial charge < -0.3 is 10.5 Å². The lowest BCUT2D eigenvalue weighted by molar-refractivity contribution is -0.384. The Morgan fingerprint density at radius 3 is 2.62 bits per heavy atom. The van der Waals surface area contributed by atoms with Gasteiger partial charge in [-0.05, 0) is 25.1 Å². The van der Waals surface area contributed by atoms with Gasteiger partial charge in [0.25, 0.3) is 5.69 Å². The van der Waals surface area contributed by atoms with E-state index in [2.05, 4.69) is 15.9 Å². The second-order valence-electron chi connectivity index (χ2n) is 4.44. The van der Waals surface area contributed by atoms with Crippen molar-refractivity contribution in [2.24, 2.45) is 5.73 Å². The van der Waals surface area contributed by atoms with E-state index in [4.69, 9.17) is 22.1 Å². The van der Waals surface area contributed by atoms with Crippen molar-refractivity contribution < 1.29 is 9.66 Å². The molecule has 0 aromatic heterocycles. The number of hydrogen-bond donors (Lipinski definition) is 1. The number of halogens is 2. The second-order valence-corrected chi connectivity index (χ2v) is 5.77. The fourth-order valence-electron chi connectivity index (χ4n) is 1.80. The molecule has 21 heavy (non-hydrogen) atoms. The van der Waals surface area contributed by atoms with Crippen LogP contribution in [0.2, 0.25) is 5.02 Å². The van der Waals surface area contributed by atoms with Crippen LogP contribution in [0.3, 0.4) is 0 Å². The molecular weight excluding hydrogens is 360 g/mol. The summed E-state index contributed by atoms with van der Waals surface area (Å²) in [5.41, 5.74) is 6.57. The molecule has 0 spiro atoms. The van der Waals surface area contributed by atoms with Crippen LogP contribution in [0.1, 0.15) is 18.5 Å². The van der Waals surface area contributed by atoms with Gasteiger partial charge in [0.1, 0.15) is 16.5 Å². The Bertz CT molecular complexity index is 692. The molecule has 0 aliphatic heterocycles. The van der Waals surface area contributed by atoms with Crippen molar-refractivity contribution in [3.8, 4) is 11.5 Å². The minimum absolute atomic E-state index is 0.0230. The fourth-order valence-corrected chi connectivity index (χ4v) is 2.38. The summed E-state index contributed by atoms with van der Waals surface area (Å²) in [4.78, 5) is 10.2. The maximum Gasteiger partial charge on any atom is 0.288 e. The lowest BCUT2D eigenvalue weighted by Crippen LogP contribution is -2.06. The van der Waals surface area contributed by atoms with Gasteiger partial charge in [0.15, 0.2) is 0 Å². The molecule has 2 aromatic carbocycles. The molecule has 0 fully saturated rings. The van der Waals surface area contributed by atoms with Gasteiger partial charge in [0.05, 0.1) is 4.92 Å². The van der Waals surface area contributed by atoms with Crippen molar-refractivity contribution in [2.75, 3.05) is 0 Å². The van der Waals surface area contributed by atoms with Gasteiger partial charge in [-0.3, -0.25) is 10.1 Å². The fraction of sp³-hybridized carbons (Fsp3) is 0.143. The number of nitrogens with two attached hydrogens (primary N) is 1. The van der Waals surface area contributed by atoms with E-state index in [1.165, 1.54) is 18.2 Å². The number of nitro groups is 1. The molecule has 2 rings (SSSR count). The number of nitro benzene ring substituents is 1. The van der Waals surface area contributed by atoms with E-state index in [0.29, 0.717) is 11.5 Å². The molecule has 0 heterocycles. The lowest BCUT2D eigenvalue weighted by Gasteiger charge is -2.14. The van der Waals surface area contributed by atoms with Gasteiger partial charge in [-0.25, -0.2) is 0 Å². The third kappa shape index (κ3) is 3.72.